The minimum atomic E-state index is -3.31. The molecule has 2 heterocycles. The Bertz CT molecular complexity index is 1020. The third-order valence-electron chi connectivity index (χ3n) is 4.39. The lowest BCUT2D eigenvalue weighted by atomic mass is 9.97. The lowest BCUT2D eigenvalue weighted by Gasteiger charge is -2.19. The number of benzene rings is 1. The highest BCUT2D eigenvalue weighted by molar-refractivity contribution is 7.53. The molecule has 9 heteroatoms. The lowest BCUT2D eigenvalue weighted by Crippen LogP contribution is -2.06. The van der Waals surface area contributed by atoms with Gasteiger partial charge in [-0.15, -0.1) is 11.3 Å². The normalized spacial score (nSPS) is 12.6. The summed E-state index contributed by atoms with van der Waals surface area (Å²) < 4.78 is 29.4. The molecule has 3 aromatic rings. The van der Waals surface area contributed by atoms with Crippen LogP contribution in [0.1, 0.15) is 24.3 Å². The van der Waals surface area contributed by atoms with Gasteiger partial charge < -0.3 is 13.8 Å². The fraction of sp³-hybridized carbons (Fsp3) is 0.316. The molecule has 0 bridgehead atoms. The molecule has 0 radical (unpaired) electrons. The number of hydrogen-bond donors (Lipinski definition) is 0. The van der Waals surface area contributed by atoms with Crippen LogP contribution in [0.5, 0.6) is 5.75 Å². The van der Waals surface area contributed by atoms with Gasteiger partial charge >= 0.3 is 7.60 Å². The van der Waals surface area contributed by atoms with Gasteiger partial charge in [0.2, 0.25) is 0 Å². The molecule has 4 rings (SSSR count). The van der Waals surface area contributed by atoms with Gasteiger partial charge in [-0.1, -0.05) is 6.07 Å². The molecule has 2 aromatic heterocycles. The molecule has 0 fully saturated rings. The second kappa shape index (κ2) is 8.09. The minimum absolute atomic E-state index is 0.144. The highest BCUT2D eigenvalue weighted by Crippen LogP contribution is 2.51. The molecule has 0 saturated carbocycles. The molecule has 1 aromatic carbocycles. The van der Waals surface area contributed by atoms with Crippen molar-refractivity contribution < 1.29 is 18.3 Å². The Morgan fingerprint density at radius 2 is 1.89 bits per heavy atom. The van der Waals surface area contributed by atoms with Gasteiger partial charge in [0.25, 0.3) is 0 Å². The summed E-state index contributed by atoms with van der Waals surface area (Å²) in [6.45, 7) is 4.15. The zero-order chi connectivity index (χ0) is 19.6. The Balaban J connectivity index is 1.72. The maximum Gasteiger partial charge on any atom is 0.367 e. The van der Waals surface area contributed by atoms with E-state index in [9.17, 15) is 4.57 Å². The van der Waals surface area contributed by atoms with E-state index in [1.165, 1.54) is 11.2 Å². The van der Waals surface area contributed by atoms with Crippen LogP contribution in [0.2, 0.25) is 0 Å². The zero-order valence-electron chi connectivity index (χ0n) is 15.6. The van der Waals surface area contributed by atoms with Crippen molar-refractivity contribution in [1.29, 1.82) is 0 Å². The predicted molar refractivity (Wildman–Crippen MR) is 108 cm³/mol. The quantitative estimate of drug-likeness (QED) is 0.382. The molecular formula is C19H20N3O4PS. The van der Waals surface area contributed by atoms with Gasteiger partial charge in [-0.05, 0) is 31.0 Å². The number of hydrogen-bond acceptors (Lipinski definition) is 8. The number of fused-ring (bicyclic) bond motifs is 3. The smallest absolute Gasteiger partial charge is 0.367 e. The van der Waals surface area contributed by atoms with Crippen LogP contribution in [0.3, 0.4) is 0 Å². The van der Waals surface area contributed by atoms with Gasteiger partial charge in [0.15, 0.2) is 6.35 Å². The molecule has 0 N–H and O–H groups in total. The number of rotatable bonds is 8. The monoisotopic (exact) mass is 417 g/mol. The van der Waals surface area contributed by atoms with E-state index < -0.39 is 7.60 Å². The molecule has 0 aliphatic heterocycles. The molecule has 0 unspecified atom stereocenters. The largest absolute Gasteiger partial charge is 0.480 e. The van der Waals surface area contributed by atoms with Crippen molar-refractivity contribution in [3.8, 4) is 28.1 Å². The van der Waals surface area contributed by atoms with Crippen LogP contribution in [-0.2, 0) is 20.0 Å². The summed E-state index contributed by atoms with van der Waals surface area (Å²) in [7, 11) is -3.31. The molecule has 1 aliphatic carbocycles. The highest BCUT2D eigenvalue weighted by Gasteiger charge is 2.30. The first-order chi connectivity index (χ1) is 13.6. The average molecular weight is 417 g/mol. The van der Waals surface area contributed by atoms with E-state index in [1.54, 1.807) is 37.6 Å². The summed E-state index contributed by atoms with van der Waals surface area (Å²) in [6.07, 6.45) is 5.72. The molecule has 1 aliphatic rings. The molecule has 0 atom stereocenters. The summed E-state index contributed by atoms with van der Waals surface area (Å²) in [4.78, 5) is 14.0. The fourth-order valence-corrected chi connectivity index (χ4v) is 5.40. The summed E-state index contributed by atoms with van der Waals surface area (Å²) in [6, 6.07) is 3.85. The third-order valence-corrected chi connectivity index (χ3v) is 6.97. The van der Waals surface area contributed by atoms with E-state index in [-0.39, 0.29) is 6.35 Å². The predicted octanol–water partition coefficient (Wildman–Crippen LogP) is 4.77. The maximum absolute atomic E-state index is 12.8. The van der Waals surface area contributed by atoms with E-state index >= 15 is 0 Å². The second-order valence-corrected chi connectivity index (χ2v) is 9.05. The van der Waals surface area contributed by atoms with Crippen LogP contribution >= 0.6 is 18.9 Å². The summed E-state index contributed by atoms with van der Waals surface area (Å²) in [5, 5.41) is 0. The summed E-state index contributed by atoms with van der Waals surface area (Å²) >= 11 is 1.62. The molecule has 146 valence electrons. The van der Waals surface area contributed by atoms with Crippen LogP contribution in [0.4, 0.5) is 0 Å². The van der Waals surface area contributed by atoms with Crippen LogP contribution in [0.25, 0.3) is 22.4 Å². The molecule has 0 saturated heterocycles. The van der Waals surface area contributed by atoms with Crippen LogP contribution in [-0.4, -0.2) is 34.5 Å². The molecule has 28 heavy (non-hydrogen) atoms. The second-order valence-electron chi connectivity index (χ2n) is 6.11. The van der Waals surface area contributed by atoms with Gasteiger partial charge in [0.1, 0.15) is 12.1 Å². The molecule has 0 spiro atoms. The third kappa shape index (κ3) is 3.61. The Kier molecular flexibility index (Phi) is 5.55. The standard InChI is InChI=1S/C19H20N3O4PS/c1-3-25-27(23,26-4-2)12-24-16-6-5-14(13-8-20-10-21-9-13)15-7-17-19(18(15)16)22-11-28-17/h5-6,8-11H,3-4,7,12H2,1-2H3. The summed E-state index contributed by atoms with van der Waals surface area (Å²) in [5.74, 6) is 0.625. The minimum Gasteiger partial charge on any atom is -0.480 e. The van der Waals surface area contributed by atoms with Crippen molar-refractivity contribution in [1.82, 2.24) is 15.0 Å². The van der Waals surface area contributed by atoms with Gasteiger partial charge in [-0.2, -0.15) is 0 Å². The van der Waals surface area contributed by atoms with E-state index in [0.29, 0.717) is 19.0 Å². The van der Waals surface area contributed by atoms with Crippen LogP contribution in [0, 0.1) is 0 Å². The Hall–Kier alpha value is -2.12. The Morgan fingerprint density at radius 1 is 1.14 bits per heavy atom. The first-order valence-corrected chi connectivity index (χ1v) is 11.6. The van der Waals surface area contributed by atoms with Crippen molar-refractivity contribution in [3.63, 3.8) is 0 Å². The summed E-state index contributed by atoms with van der Waals surface area (Å²) in [5.41, 5.74) is 6.78. The number of thiazole rings is 1. The van der Waals surface area contributed by atoms with Gasteiger partial charge in [-0.25, -0.2) is 15.0 Å². The van der Waals surface area contributed by atoms with Crippen molar-refractivity contribution >= 4 is 18.9 Å². The van der Waals surface area contributed by atoms with E-state index in [0.717, 1.165) is 34.4 Å². The SMILES string of the molecule is CCOP(=O)(COc1ccc(-c2cncnc2)c2c1-c1ncsc1C2)OCC. The fourth-order valence-electron chi connectivity index (χ4n) is 3.31. The van der Waals surface area contributed by atoms with Gasteiger partial charge in [0, 0.05) is 34.8 Å². The average Bonchev–Trinajstić information content (AvgIpc) is 3.29. The van der Waals surface area contributed by atoms with Crippen molar-refractivity contribution in [3.05, 3.63) is 46.8 Å². The molecule has 7 nitrogen and oxygen atoms in total. The van der Waals surface area contributed by atoms with Crippen LogP contribution < -0.4 is 4.74 Å². The van der Waals surface area contributed by atoms with Crippen LogP contribution in [0.15, 0.2) is 36.4 Å². The Morgan fingerprint density at radius 3 is 2.61 bits per heavy atom. The van der Waals surface area contributed by atoms with Crippen molar-refractivity contribution in [2.24, 2.45) is 0 Å². The maximum atomic E-state index is 12.8. The van der Waals surface area contributed by atoms with E-state index in [2.05, 4.69) is 15.0 Å². The molecular weight excluding hydrogens is 397 g/mol. The van der Waals surface area contributed by atoms with Crippen molar-refractivity contribution in [2.45, 2.75) is 20.3 Å². The first-order valence-electron chi connectivity index (χ1n) is 9.00. The zero-order valence-corrected chi connectivity index (χ0v) is 17.3. The highest BCUT2D eigenvalue weighted by atomic mass is 32.1. The Labute approximate surface area is 167 Å². The first kappa shape index (κ1) is 19.2. The number of aromatic nitrogens is 3. The lowest BCUT2D eigenvalue weighted by molar-refractivity contribution is 0.197. The number of ether oxygens (including phenoxy) is 1. The number of nitrogens with zero attached hydrogens (tertiary/aromatic N) is 3. The molecule has 0 amide bonds. The van der Waals surface area contributed by atoms with E-state index in [1.807, 2.05) is 17.6 Å². The van der Waals surface area contributed by atoms with E-state index in [4.69, 9.17) is 13.8 Å². The topological polar surface area (TPSA) is 83.4 Å². The van der Waals surface area contributed by atoms with Gasteiger partial charge in [-0.3, -0.25) is 4.57 Å². The van der Waals surface area contributed by atoms with Gasteiger partial charge in [0.05, 0.1) is 24.4 Å². The van der Waals surface area contributed by atoms with Crippen molar-refractivity contribution in [2.75, 3.05) is 19.6 Å².